The minimum Gasteiger partial charge on any atom is -0.367 e. The van der Waals surface area contributed by atoms with Crippen LogP contribution in [0.15, 0.2) is 29.3 Å². The minimum absolute atomic E-state index is 0.0763. The molecule has 0 atom stereocenters. The van der Waals surface area contributed by atoms with Crippen LogP contribution in [0.1, 0.15) is 49.4 Å². The third-order valence-electron chi connectivity index (χ3n) is 7.10. The van der Waals surface area contributed by atoms with Crippen LogP contribution in [-0.4, -0.2) is 52.6 Å². The van der Waals surface area contributed by atoms with E-state index in [1.165, 1.54) is 12.8 Å². The number of hydrogen-bond donors (Lipinski definition) is 2. The van der Waals surface area contributed by atoms with E-state index in [2.05, 4.69) is 51.1 Å². The number of rotatable bonds is 7. The molecule has 2 N–H and O–H groups in total. The first kappa shape index (κ1) is 24.5. The summed E-state index contributed by atoms with van der Waals surface area (Å²) in [5, 5.41) is 4.89. The van der Waals surface area contributed by atoms with Crippen molar-refractivity contribution in [3.8, 4) is 0 Å². The van der Waals surface area contributed by atoms with Crippen LogP contribution in [0.4, 0.5) is 11.5 Å². The molecule has 0 saturated heterocycles. The van der Waals surface area contributed by atoms with E-state index < -0.39 is 0 Å². The lowest BCUT2D eigenvalue weighted by atomic mass is 9.89. The van der Waals surface area contributed by atoms with Crippen LogP contribution in [0.2, 0.25) is 5.02 Å². The highest BCUT2D eigenvalue weighted by molar-refractivity contribution is 6.32. The molecule has 0 unspecified atom stereocenters. The van der Waals surface area contributed by atoms with Crippen molar-refractivity contribution >= 4 is 34.0 Å². The molecule has 0 bridgehead atoms. The third kappa shape index (κ3) is 5.05. The minimum atomic E-state index is -0.0763. The number of aryl methyl sites for hydroxylation is 2. The predicted octanol–water partition coefficient (Wildman–Crippen LogP) is 4.90. The average molecular weight is 483 g/mol. The Labute approximate surface area is 206 Å². The molecule has 3 aromatic rings. The molecule has 1 saturated carbocycles. The van der Waals surface area contributed by atoms with Crippen LogP contribution in [-0.2, 0) is 6.54 Å². The van der Waals surface area contributed by atoms with Gasteiger partial charge in [0.25, 0.3) is 5.56 Å². The first-order chi connectivity index (χ1) is 16.3. The van der Waals surface area contributed by atoms with Crippen LogP contribution in [0.3, 0.4) is 0 Å². The van der Waals surface area contributed by atoms with E-state index in [-0.39, 0.29) is 5.56 Å². The van der Waals surface area contributed by atoms with Gasteiger partial charge in [0, 0.05) is 46.8 Å². The number of pyridine rings is 1. The van der Waals surface area contributed by atoms with E-state index in [4.69, 9.17) is 11.6 Å². The highest BCUT2D eigenvalue weighted by Crippen LogP contribution is 2.36. The number of aromatic nitrogens is 3. The Morgan fingerprint density at radius 2 is 1.79 bits per heavy atom. The molecule has 0 aliphatic heterocycles. The molecule has 0 amide bonds. The molecule has 7 nitrogen and oxygen atoms in total. The van der Waals surface area contributed by atoms with E-state index in [1.54, 1.807) is 6.33 Å². The Kier molecular flexibility index (Phi) is 7.43. The second-order valence-corrected chi connectivity index (χ2v) is 9.99. The molecule has 182 valence electrons. The number of H-pyrrole nitrogens is 1. The zero-order chi connectivity index (χ0) is 24.4. The zero-order valence-corrected chi connectivity index (χ0v) is 21.5. The van der Waals surface area contributed by atoms with Gasteiger partial charge >= 0.3 is 0 Å². The molecule has 1 aliphatic rings. The lowest BCUT2D eigenvalue weighted by Crippen LogP contribution is -2.42. The number of nitrogens with one attached hydrogen (secondary N) is 2. The molecular formula is C26H35ClN6O. The second-order valence-electron chi connectivity index (χ2n) is 9.55. The number of fused-ring (bicyclic) bond motifs is 1. The van der Waals surface area contributed by atoms with Gasteiger partial charge in [0.2, 0.25) is 0 Å². The Balaban J connectivity index is 1.65. The van der Waals surface area contributed by atoms with Crippen molar-refractivity contribution in [2.45, 2.75) is 65.1 Å². The Hall–Kier alpha value is -2.64. The van der Waals surface area contributed by atoms with Crippen molar-refractivity contribution in [3.05, 3.63) is 56.7 Å². The maximum absolute atomic E-state index is 12.5. The van der Waals surface area contributed by atoms with Crippen molar-refractivity contribution < 1.29 is 0 Å². The van der Waals surface area contributed by atoms with Crippen LogP contribution in [0.25, 0.3) is 10.9 Å². The third-order valence-corrected chi connectivity index (χ3v) is 7.32. The van der Waals surface area contributed by atoms with Gasteiger partial charge in [-0.3, -0.25) is 4.79 Å². The van der Waals surface area contributed by atoms with Gasteiger partial charge in [-0.15, -0.1) is 0 Å². The summed E-state index contributed by atoms with van der Waals surface area (Å²) in [4.78, 5) is 29.3. The van der Waals surface area contributed by atoms with Gasteiger partial charge in [-0.1, -0.05) is 11.6 Å². The topological polar surface area (TPSA) is 77.1 Å². The van der Waals surface area contributed by atoms with Crippen molar-refractivity contribution in [3.63, 3.8) is 0 Å². The summed E-state index contributed by atoms with van der Waals surface area (Å²) in [6, 6.07) is 7.03. The van der Waals surface area contributed by atoms with Gasteiger partial charge in [0.1, 0.15) is 12.1 Å². The highest BCUT2D eigenvalue weighted by atomic mass is 35.5. The molecule has 4 rings (SSSR count). The Bertz CT molecular complexity index is 1220. The number of nitrogens with zero attached hydrogens (tertiary/aromatic N) is 4. The summed E-state index contributed by atoms with van der Waals surface area (Å²) in [5.41, 5.74) is 4.37. The van der Waals surface area contributed by atoms with Crippen molar-refractivity contribution in [2.75, 3.05) is 30.9 Å². The lowest BCUT2D eigenvalue weighted by molar-refractivity contribution is 0.214. The maximum Gasteiger partial charge on any atom is 0.253 e. The van der Waals surface area contributed by atoms with E-state index in [1.807, 2.05) is 32.0 Å². The fraction of sp³-hybridized carbons (Fsp3) is 0.500. The van der Waals surface area contributed by atoms with E-state index in [9.17, 15) is 4.79 Å². The molecule has 0 spiro atoms. The molecular weight excluding hydrogens is 448 g/mol. The fourth-order valence-corrected chi connectivity index (χ4v) is 5.47. The van der Waals surface area contributed by atoms with E-state index >= 15 is 0 Å². The van der Waals surface area contributed by atoms with E-state index in [0.29, 0.717) is 35.0 Å². The van der Waals surface area contributed by atoms with Crippen LogP contribution in [0, 0.1) is 13.8 Å². The SMILES string of the molecule is CCN(c1cc(Cl)cc2c(NCc3c(C)cc(C)[nH]c3=O)ncnc12)C1CCC(N(C)C)CC1. The zero-order valence-electron chi connectivity index (χ0n) is 20.8. The molecule has 34 heavy (non-hydrogen) atoms. The van der Waals surface area contributed by atoms with Crippen LogP contribution in [0.5, 0.6) is 0 Å². The molecule has 1 aliphatic carbocycles. The molecule has 2 heterocycles. The summed E-state index contributed by atoms with van der Waals surface area (Å²) in [5.74, 6) is 0.681. The van der Waals surface area contributed by atoms with E-state index in [0.717, 1.165) is 47.2 Å². The summed E-state index contributed by atoms with van der Waals surface area (Å²) >= 11 is 6.61. The van der Waals surface area contributed by atoms with Crippen molar-refractivity contribution in [1.29, 1.82) is 0 Å². The number of anilines is 2. The number of hydrogen-bond acceptors (Lipinski definition) is 6. The molecule has 0 radical (unpaired) electrons. The largest absolute Gasteiger partial charge is 0.367 e. The van der Waals surface area contributed by atoms with Gasteiger partial charge in [0.05, 0.1) is 11.2 Å². The first-order valence-electron chi connectivity index (χ1n) is 12.1. The number of aromatic amines is 1. The molecule has 8 heteroatoms. The summed E-state index contributed by atoms with van der Waals surface area (Å²) in [6.45, 7) is 7.30. The number of benzene rings is 1. The maximum atomic E-state index is 12.5. The van der Waals surface area contributed by atoms with Crippen molar-refractivity contribution in [1.82, 2.24) is 19.9 Å². The Morgan fingerprint density at radius 3 is 2.44 bits per heavy atom. The van der Waals surface area contributed by atoms with Gasteiger partial charge < -0.3 is 20.1 Å². The summed E-state index contributed by atoms with van der Waals surface area (Å²) in [6.07, 6.45) is 6.27. The number of halogens is 1. The van der Waals surface area contributed by atoms with Gasteiger partial charge in [-0.05, 0) is 84.3 Å². The first-order valence-corrected chi connectivity index (χ1v) is 12.5. The predicted molar refractivity (Wildman–Crippen MR) is 141 cm³/mol. The fourth-order valence-electron chi connectivity index (χ4n) is 5.26. The molecule has 2 aromatic heterocycles. The highest BCUT2D eigenvalue weighted by Gasteiger charge is 2.28. The monoisotopic (exact) mass is 482 g/mol. The lowest BCUT2D eigenvalue weighted by Gasteiger charge is -2.39. The summed E-state index contributed by atoms with van der Waals surface area (Å²) < 4.78 is 0. The Morgan fingerprint density at radius 1 is 1.09 bits per heavy atom. The van der Waals surface area contributed by atoms with Crippen LogP contribution < -0.4 is 15.8 Å². The quantitative estimate of drug-likeness (QED) is 0.498. The van der Waals surface area contributed by atoms with Gasteiger partial charge in [-0.25, -0.2) is 9.97 Å². The molecule has 1 fully saturated rings. The smallest absolute Gasteiger partial charge is 0.253 e. The van der Waals surface area contributed by atoms with Crippen LogP contribution >= 0.6 is 11.6 Å². The normalized spacial score (nSPS) is 18.4. The summed E-state index contributed by atoms with van der Waals surface area (Å²) in [7, 11) is 4.34. The van der Waals surface area contributed by atoms with Gasteiger partial charge in [-0.2, -0.15) is 0 Å². The molecule has 1 aromatic carbocycles. The van der Waals surface area contributed by atoms with Crippen molar-refractivity contribution in [2.24, 2.45) is 0 Å². The average Bonchev–Trinajstić information content (AvgIpc) is 2.79. The standard InChI is InChI=1S/C26H35ClN6O/c1-6-33(20-9-7-19(8-10-20)32(4)5)23-13-18(27)12-21-24(23)29-15-30-25(21)28-14-22-16(2)11-17(3)31-26(22)34/h11-13,15,19-20H,6-10,14H2,1-5H3,(H,31,34)(H,28,29,30). The second kappa shape index (κ2) is 10.3. The van der Waals surface area contributed by atoms with Gasteiger partial charge in [0.15, 0.2) is 0 Å².